The van der Waals surface area contributed by atoms with Gasteiger partial charge in [-0.2, -0.15) is 0 Å². The number of nitrogens with zero attached hydrogens (tertiary/aromatic N) is 1. The zero-order chi connectivity index (χ0) is 18.8. The summed E-state index contributed by atoms with van der Waals surface area (Å²) in [5, 5.41) is 10.6. The van der Waals surface area contributed by atoms with E-state index in [9.17, 15) is 14.9 Å². The van der Waals surface area contributed by atoms with Crippen LogP contribution in [-0.2, 0) is 0 Å². The Balaban J connectivity index is 1.78. The van der Waals surface area contributed by atoms with Gasteiger partial charge in [0.05, 0.1) is 11.5 Å². The molecule has 0 aliphatic rings. The molecule has 6 nitrogen and oxygen atoms in total. The van der Waals surface area contributed by atoms with Gasteiger partial charge >= 0.3 is 0 Å². The normalized spacial score (nSPS) is 10.3. The van der Waals surface area contributed by atoms with E-state index in [1.165, 1.54) is 43.5 Å². The number of hydrogen-bond donors (Lipinski definition) is 0. The van der Waals surface area contributed by atoms with Crippen molar-refractivity contribution in [3.63, 3.8) is 0 Å². The number of nitro benzene ring substituents is 1. The molecule has 0 heterocycles. The molecule has 26 heavy (non-hydrogen) atoms. The fourth-order valence-corrected chi connectivity index (χ4v) is 2.35. The smallest absolute Gasteiger partial charge is 0.269 e. The average molecular weight is 357 g/mol. The van der Waals surface area contributed by atoms with Crippen molar-refractivity contribution >= 4 is 11.5 Å². The molecule has 0 bridgehead atoms. The van der Waals surface area contributed by atoms with Crippen LogP contribution in [-0.4, -0.2) is 23.9 Å². The number of carbonyl (C=O) groups is 1. The number of non-ortho nitro benzene ring substituents is 1. The second kappa shape index (κ2) is 10.2. The number of Topliss-reactive ketones (excluding diaryl/α,β-unsaturated/α-hetero) is 1. The van der Waals surface area contributed by atoms with Gasteiger partial charge in [-0.15, -0.1) is 0 Å². The second-order valence-electron chi connectivity index (χ2n) is 5.90. The minimum Gasteiger partial charge on any atom is -0.494 e. The molecule has 2 aromatic carbocycles. The number of ketones is 1. The summed E-state index contributed by atoms with van der Waals surface area (Å²) >= 11 is 0. The van der Waals surface area contributed by atoms with E-state index in [4.69, 9.17) is 9.47 Å². The van der Waals surface area contributed by atoms with Gasteiger partial charge in [-0.05, 0) is 42.8 Å². The van der Waals surface area contributed by atoms with E-state index in [0.717, 1.165) is 12.2 Å². The van der Waals surface area contributed by atoms with E-state index in [2.05, 4.69) is 6.92 Å². The van der Waals surface area contributed by atoms with Gasteiger partial charge in [-0.3, -0.25) is 14.9 Å². The summed E-state index contributed by atoms with van der Waals surface area (Å²) in [6.07, 6.45) is 4.63. The van der Waals surface area contributed by atoms with Gasteiger partial charge in [0.15, 0.2) is 12.4 Å². The Bertz CT molecular complexity index is 710. The van der Waals surface area contributed by atoms with E-state index in [-0.39, 0.29) is 18.1 Å². The molecule has 0 aliphatic heterocycles. The number of rotatable bonds is 11. The van der Waals surface area contributed by atoms with Crippen LogP contribution in [0.3, 0.4) is 0 Å². The van der Waals surface area contributed by atoms with Gasteiger partial charge in [0.25, 0.3) is 5.69 Å². The van der Waals surface area contributed by atoms with Gasteiger partial charge < -0.3 is 9.47 Å². The molecule has 2 aromatic rings. The van der Waals surface area contributed by atoms with Crippen LogP contribution >= 0.6 is 0 Å². The molecule has 0 aromatic heterocycles. The highest BCUT2D eigenvalue weighted by Gasteiger charge is 2.10. The van der Waals surface area contributed by atoms with Crippen molar-refractivity contribution in [2.45, 2.75) is 32.6 Å². The third kappa shape index (κ3) is 6.20. The lowest BCUT2D eigenvalue weighted by atomic mass is 10.1. The fraction of sp³-hybridized carbons (Fsp3) is 0.350. The van der Waals surface area contributed by atoms with Crippen LogP contribution in [0.15, 0.2) is 48.5 Å². The van der Waals surface area contributed by atoms with Crippen LogP contribution in [0.4, 0.5) is 5.69 Å². The molecule has 0 unspecified atom stereocenters. The number of carbonyl (C=O) groups excluding carboxylic acids is 1. The summed E-state index contributed by atoms with van der Waals surface area (Å²) < 4.78 is 11.1. The molecule has 0 spiro atoms. The van der Waals surface area contributed by atoms with Gasteiger partial charge in [-0.1, -0.05) is 26.2 Å². The highest BCUT2D eigenvalue weighted by atomic mass is 16.6. The Morgan fingerprint density at radius 3 is 2.12 bits per heavy atom. The number of nitro groups is 1. The number of benzene rings is 2. The minimum atomic E-state index is -0.502. The number of hydrogen-bond acceptors (Lipinski definition) is 5. The Morgan fingerprint density at radius 2 is 1.54 bits per heavy atom. The predicted octanol–water partition coefficient (Wildman–Crippen LogP) is 4.82. The molecule has 0 radical (unpaired) electrons. The second-order valence-corrected chi connectivity index (χ2v) is 5.90. The first kappa shape index (κ1) is 19.4. The van der Waals surface area contributed by atoms with Crippen LogP contribution < -0.4 is 9.47 Å². The van der Waals surface area contributed by atoms with E-state index in [0.29, 0.717) is 17.9 Å². The van der Waals surface area contributed by atoms with Crippen molar-refractivity contribution in [3.05, 3.63) is 64.2 Å². The van der Waals surface area contributed by atoms with Crippen LogP contribution in [0.5, 0.6) is 11.5 Å². The molecule has 0 N–H and O–H groups in total. The van der Waals surface area contributed by atoms with Gasteiger partial charge in [0, 0.05) is 17.7 Å². The third-order valence-corrected chi connectivity index (χ3v) is 3.86. The minimum absolute atomic E-state index is 0.0484. The fourth-order valence-electron chi connectivity index (χ4n) is 2.35. The first-order valence-corrected chi connectivity index (χ1v) is 8.73. The van der Waals surface area contributed by atoms with Crippen molar-refractivity contribution in [3.8, 4) is 11.5 Å². The first-order valence-electron chi connectivity index (χ1n) is 8.73. The Labute approximate surface area is 152 Å². The van der Waals surface area contributed by atoms with Crippen LogP contribution in [0.25, 0.3) is 0 Å². The zero-order valence-electron chi connectivity index (χ0n) is 14.8. The molecule has 2 rings (SSSR count). The van der Waals surface area contributed by atoms with Gasteiger partial charge in [-0.25, -0.2) is 0 Å². The number of ether oxygens (including phenoxy) is 2. The molecular formula is C20H23NO5. The number of unbranched alkanes of at least 4 members (excludes halogenated alkanes) is 3. The summed E-state index contributed by atoms with van der Waals surface area (Å²) in [6.45, 7) is 2.74. The van der Waals surface area contributed by atoms with Crippen LogP contribution in [0.2, 0.25) is 0 Å². The van der Waals surface area contributed by atoms with Crippen molar-refractivity contribution in [2.75, 3.05) is 13.2 Å². The van der Waals surface area contributed by atoms with E-state index in [1.807, 2.05) is 12.1 Å². The molecule has 0 saturated heterocycles. The van der Waals surface area contributed by atoms with Crippen molar-refractivity contribution in [1.82, 2.24) is 0 Å². The lowest BCUT2D eigenvalue weighted by Gasteiger charge is -2.08. The van der Waals surface area contributed by atoms with Crippen LogP contribution in [0.1, 0.15) is 43.0 Å². The third-order valence-electron chi connectivity index (χ3n) is 3.86. The van der Waals surface area contributed by atoms with E-state index in [1.54, 1.807) is 12.1 Å². The highest BCUT2D eigenvalue weighted by Crippen LogP contribution is 2.19. The summed E-state index contributed by atoms with van der Waals surface area (Å²) in [4.78, 5) is 22.2. The molecule has 0 saturated carbocycles. The van der Waals surface area contributed by atoms with Crippen LogP contribution in [0, 0.1) is 10.1 Å². The molecule has 0 atom stereocenters. The summed E-state index contributed by atoms with van der Waals surface area (Å²) in [7, 11) is 0. The van der Waals surface area contributed by atoms with Crippen molar-refractivity contribution in [1.29, 1.82) is 0 Å². The van der Waals surface area contributed by atoms with Crippen molar-refractivity contribution in [2.24, 2.45) is 0 Å². The SMILES string of the molecule is CCCCCCOc1ccc(OCC(=O)c2ccc([N+](=O)[O-])cc2)cc1. The van der Waals surface area contributed by atoms with Gasteiger partial charge in [0.2, 0.25) is 0 Å². The molecular weight excluding hydrogens is 334 g/mol. The largest absolute Gasteiger partial charge is 0.494 e. The van der Waals surface area contributed by atoms with Crippen molar-refractivity contribution < 1.29 is 19.2 Å². The molecule has 0 fully saturated rings. The molecule has 0 aliphatic carbocycles. The summed E-state index contributed by atoms with van der Waals surface area (Å²) in [5.74, 6) is 1.10. The summed E-state index contributed by atoms with van der Waals surface area (Å²) in [6, 6.07) is 12.6. The first-order chi connectivity index (χ1) is 12.6. The van der Waals surface area contributed by atoms with E-state index < -0.39 is 4.92 Å². The molecule has 138 valence electrons. The Kier molecular flexibility index (Phi) is 7.61. The molecule has 6 heteroatoms. The highest BCUT2D eigenvalue weighted by molar-refractivity contribution is 5.97. The predicted molar refractivity (Wildman–Crippen MR) is 99.0 cm³/mol. The summed E-state index contributed by atoms with van der Waals surface area (Å²) in [5.41, 5.74) is 0.329. The average Bonchev–Trinajstić information content (AvgIpc) is 2.67. The monoisotopic (exact) mass is 357 g/mol. The maximum absolute atomic E-state index is 12.1. The Morgan fingerprint density at radius 1 is 0.923 bits per heavy atom. The lowest BCUT2D eigenvalue weighted by Crippen LogP contribution is -2.11. The topological polar surface area (TPSA) is 78.7 Å². The lowest BCUT2D eigenvalue weighted by molar-refractivity contribution is -0.384. The Hall–Kier alpha value is -2.89. The standard InChI is InChI=1S/C20H23NO5/c1-2-3-4-5-14-25-18-10-12-19(13-11-18)26-15-20(22)16-6-8-17(9-7-16)21(23)24/h6-13H,2-5,14-15H2,1H3. The zero-order valence-corrected chi connectivity index (χ0v) is 14.8. The maximum atomic E-state index is 12.1. The molecule has 0 amide bonds. The maximum Gasteiger partial charge on any atom is 0.269 e. The van der Waals surface area contributed by atoms with E-state index >= 15 is 0 Å². The quantitative estimate of drug-likeness (QED) is 0.249. The van der Waals surface area contributed by atoms with Gasteiger partial charge in [0.1, 0.15) is 11.5 Å².